The molecule has 0 unspecified atom stereocenters. The van der Waals surface area contributed by atoms with Crippen LogP contribution < -0.4 is 5.32 Å². The third-order valence-corrected chi connectivity index (χ3v) is 3.50. The zero-order valence-electron chi connectivity index (χ0n) is 10.6. The van der Waals surface area contributed by atoms with Gasteiger partial charge in [-0.2, -0.15) is 11.3 Å². The second-order valence-corrected chi connectivity index (χ2v) is 4.74. The number of amides is 1. The van der Waals surface area contributed by atoms with E-state index in [0.29, 0.717) is 16.8 Å². The van der Waals surface area contributed by atoms with Crippen LogP contribution in [0.15, 0.2) is 35.0 Å². The fourth-order valence-corrected chi connectivity index (χ4v) is 2.46. The van der Waals surface area contributed by atoms with Crippen LogP contribution in [0.2, 0.25) is 0 Å². The van der Waals surface area contributed by atoms with Crippen molar-refractivity contribution in [3.63, 3.8) is 0 Å². The Bertz CT molecular complexity index is 619. The molecule has 0 aliphatic carbocycles. The number of methoxy groups -OCH3 is 1. The summed E-state index contributed by atoms with van der Waals surface area (Å²) in [7, 11) is 1.32. The molecule has 0 aliphatic rings. The van der Waals surface area contributed by atoms with Gasteiger partial charge >= 0.3 is 5.97 Å². The van der Waals surface area contributed by atoms with Crippen LogP contribution in [0.3, 0.4) is 0 Å². The van der Waals surface area contributed by atoms with Crippen LogP contribution in [0.25, 0.3) is 0 Å². The number of carbonyl (C=O) groups excluding carboxylic acids is 2. The van der Waals surface area contributed by atoms with Crippen LogP contribution >= 0.6 is 11.3 Å². The monoisotopic (exact) mass is 275 g/mol. The SMILES string of the molecule is COC(=O)c1cccc(NC(=O)c2cscc2C)c1. The van der Waals surface area contributed by atoms with Gasteiger partial charge in [0.2, 0.25) is 0 Å². The summed E-state index contributed by atoms with van der Waals surface area (Å²) in [4.78, 5) is 23.4. The van der Waals surface area contributed by atoms with Crippen molar-refractivity contribution >= 4 is 28.9 Å². The van der Waals surface area contributed by atoms with Gasteiger partial charge in [-0.1, -0.05) is 6.07 Å². The minimum Gasteiger partial charge on any atom is -0.465 e. The number of esters is 1. The predicted octanol–water partition coefficient (Wildman–Crippen LogP) is 3.10. The van der Waals surface area contributed by atoms with Crippen molar-refractivity contribution in [2.24, 2.45) is 0 Å². The lowest BCUT2D eigenvalue weighted by molar-refractivity contribution is 0.0600. The van der Waals surface area contributed by atoms with Crippen LogP contribution in [-0.2, 0) is 4.74 Å². The Morgan fingerprint density at radius 3 is 2.68 bits per heavy atom. The molecule has 19 heavy (non-hydrogen) atoms. The van der Waals surface area contributed by atoms with Crippen molar-refractivity contribution < 1.29 is 14.3 Å². The fourth-order valence-electron chi connectivity index (χ4n) is 1.63. The number of benzene rings is 1. The summed E-state index contributed by atoms with van der Waals surface area (Å²) < 4.78 is 4.64. The Hall–Kier alpha value is -2.14. The van der Waals surface area contributed by atoms with Gasteiger partial charge < -0.3 is 10.1 Å². The summed E-state index contributed by atoms with van der Waals surface area (Å²) in [6.45, 7) is 1.89. The highest BCUT2D eigenvalue weighted by Gasteiger charge is 2.11. The van der Waals surface area contributed by atoms with E-state index in [2.05, 4.69) is 10.1 Å². The summed E-state index contributed by atoms with van der Waals surface area (Å²) in [6, 6.07) is 6.65. The molecule has 2 rings (SSSR count). The molecule has 0 saturated heterocycles. The van der Waals surface area contributed by atoms with Crippen molar-refractivity contribution in [3.8, 4) is 0 Å². The van der Waals surface area contributed by atoms with E-state index in [1.165, 1.54) is 18.4 Å². The van der Waals surface area contributed by atoms with Crippen molar-refractivity contribution in [2.75, 3.05) is 12.4 Å². The largest absolute Gasteiger partial charge is 0.465 e. The zero-order valence-corrected chi connectivity index (χ0v) is 11.4. The first kappa shape index (κ1) is 13.3. The molecule has 0 aliphatic heterocycles. The molecule has 0 spiro atoms. The molecule has 1 heterocycles. The molecule has 1 amide bonds. The van der Waals surface area contributed by atoms with E-state index in [9.17, 15) is 9.59 Å². The molecule has 0 radical (unpaired) electrons. The molecule has 5 heteroatoms. The highest BCUT2D eigenvalue weighted by molar-refractivity contribution is 7.08. The van der Waals surface area contributed by atoms with E-state index in [4.69, 9.17) is 0 Å². The maximum atomic E-state index is 12.0. The van der Waals surface area contributed by atoms with Crippen molar-refractivity contribution in [1.82, 2.24) is 0 Å². The van der Waals surface area contributed by atoms with E-state index in [-0.39, 0.29) is 5.91 Å². The predicted molar refractivity (Wildman–Crippen MR) is 74.8 cm³/mol. The lowest BCUT2D eigenvalue weighted by Gasteiger charge is -2.06. The van der Waals surface area contributed by atoms with Gasteiger partial charge in [-0.25, -0.2) is 4.79 Å². The molecule has 1 aromatic heterocycles. The van der Waals surface area contributed by atoms with Crippen LogP contribution in [0, 0.1) is 6.92 Å². The molecule has 0 atom stereocenters. The molecule has 0 fully saturated rings. The number of carbonyl (C=O) groups is 2. The Balaban J connectivity index is 2.18. The summed E-state index contributed by atoms with van der Waals surface area (Å²) in [5.41, 5.74) is 2.56. The molecule has 1 aromatic carbocycles. The van der Waals surface area contributed by atoms with Crippen molar-refractivity contribution in [2.45, 2.75) is 6.92 Å². The van der Waals surface area contributed by atoms with Gasteiger partial charge in [0.15, 0.2) is 0 Å². The van der Waals surface area contributed by atoms with Crippen LogP contribution in [0.5, 0.6) is 0 Å². The van der Waals surface area contributed by atoms with Gasteiger partial charge in [0.05, 0.1) is 18.2 Å². The molecule has 4 nitrogen and oxygen atoms in total. The van der Waals surface area contributed by atoms with Crippen LogP contribution in [-0.4, -0.2) is 19.0 Å². The number of hydrogen-bond acceptors (Lipinski definition) is 4. The average Bonchev–Trinajstić information content (AvgIpc) is 2.84. The first-order valence-corrected chi connectivity index (χ1v) is 6.58. The highest BCUT2D eigenvalue weighted by atomic mass is 32.1. The third kappa shape index (κ3) is 3.00. The summed E-state index contributed by atoms with van der Waals surface area (Å²) in [5.74, 6) is -0.608. The van der Waals surface area contributed by atoms with E-state index in [0.717, 1.165) is 5.56 Å². The number of rotatable bonds is 3. The number of anilines is 1. The standard InChI is InChI=1S/C14H13NO3S/c1-9-7-19-8-12(9)13(16)15-11-5-3-4-10(6-11)14(17)18-2/h3-8H,1-2H3,(H,15,16). The van der Waals surface area contributed by atoms with Gasteiger partial charge in [-0.05, 0) is 36.1 Å². The van der Waals surface area contributed by atoms with Gasteiger partial charge in [-0.15, -0.1) is 0 Å². The second kappa shape index (κ2) is 5.67. The molecule has 0 saturated carbocycles. The van der Waals surface area contributed by atoms with Crippen LogP contribution in [0.4, 0.5) is 5.69 Å². The summed E-state index contributed by atoms with van der Waals surface area (Å²) in [5, 5.41) is 6.48. The first-order valence-electron chi connectivity index (χ1n) is 5.64. The van der Waals surface area contributed by atoms with E-state index < -0.39 is 5.97 Å². The van der Waals surface area contributed by atoms with E-state index in [1.54, 1.807) is 29.6 Å². The Morgan fingerprint density at radius 2 is 2.05 bits per heavy atom. The second-order valence-electron chi connectivity index (χ2n) is 3.99. The van der Waals surface area contributed by atoms with Gasteiger partial charge in [0.1, 0.15) is 0 Å². The third-order valence-electron chi connectivity index (χ3n) is 2.64. The molecule has 98 valence electrons. The normalized spacial score (nSPS) is 10.0. The topological polar surface area (TPSA) is 55.4 Å². The minimum atomic E-state index is -0.428. The number of aryl methyl sites for hydroxylation is 1. The van der Waals surface area contributed by atoms with Crippen molar-refractivity contribution in [1.29, 1.82) is 0 Å². The minimum absolute atomic E-state index is 0.180. The number of ether oxygens (including phenoxy) is 1. The number of nitrogens with one attached hydrogen (secondary N) is 1. The maximum Gasteiger partial charge on any atom is 0.337 e. The zero-order chi connectivity index (χ0) is 13.8. The summed E-state index contributed by atoms with van der Waals surface area (Å²) in [6.07, 6.45) is 0. The van der Waals surface area contributed by atoms with E-state index >= 15 is 0 Å². The van der Waals surface area contributed by atoms with Crippen molar-refractivity contribution in [3.05, 3.63) is 51.7 Å². The lowest BCUT2D eigenvalue weighted by atomic mass is 10.1. The highest BCUT2D eigenvalue weighted by Crippen LogP contribution is 2.17. The van der Waals surface area contributed by atoms with Crippen LogP contribution in [0.1, 0.15) is 26.3 Å². The smallest absolute Gasteiger partial charge is 0.337 e. The molecule has 0 bridgehead atoms. The molecular weight excluding hydrogens is 262 g/mol. The quantitative estimate of drug-likeness (QED) is 0.876. The maximum absolute atomic E-state index is 12.0. The molecule has 2 aromatic rings. The van der Waals surface area contributed by atoms with E-state index in [1.807, 2.05) is 12.3 Å². The summed E-state index contributed by atoms with van der Waals surface area (Å²) >= 11 is 1.48. The average molecular weight is 275 g/mol. The number of hydrogen-bond donors (Lipinski definition) is 1. The first-order chi connectivity index (χ1) is 9.11. The Kier molecular flexibility index (Phi) is 3.97. The lowest BCUT2D eigenvalue weighted by Crippen LogP contribution is -2.12. The number of thiophene rings is 1. The Labute approximate surface area is 115 Å². The molecule has 1 N–H and O–H groups in total. The molecular formula is C14H13NO3S. The van der Waals surface area contributed by atoms with Gasteiger partial charge in [0, 0.05) is 11.1 Å². The fraction of sp³-hybridized carbons (Fsp3) is 0.143. The Morgan fingerprint density at radius 1 is 1.26 bits per heavy atom. The van der Waals surface area contributed by atoms with Gasteiger partial charge in [-0.3, -0.25) is 4.79 Å². The van der Waals surface area contributed by atoms with Gasteiger partial charge in [0.25, 0.3) is 5.91 Å².